The Morgan fingerprint density at radius 2 is 2.44 bits per heavy atom. The number of hydrazone groups is 1. The quantitative estimate of drug-likeness (QED) is 0.500. The van der Waals surface area contributed by atoms with Crippen LogP contribution in [-0.4, -0.2) is 12.1 Å². The first-order chi connectivity index (χ1) is 4.10. The summed E-state index contributed by atoms with van der Waals surface area (Å²) in [5.74, 6) is -0.0289. The Morgan fingerprint density at radius 3 is 2.78 bits per heavy atom. The Balaban J connectivity index is 2.71. The Kier molecular flexibility index (Phi) is 1.27. The van der Waals surface area contributed by atoms with Crippen molar-refractivity contribution in [2.45, 2.75) is 20.3 Å². The van der Waals surface area contributed by atoms with Gasteiger partial charge >= 0.3 is 0 Å². The first-order valence-electron chi connectivity index (χ1n) is 2.86. The molecule has 1 aliphatic rings. The van der Waals surface area contributed by atoms with Crippen molar-refractivity contribution in [2.24, 2.45) is 10.5 Å². The van der Waals surface area contributed by atoms with E-state index in [1.165, 1.54) is 0 Å². The summed E-state index contributed by atoms with van der Waals surface area (Å²) in [5.41, 5.74) is 2.13. The fraction of sp³-hybridized carbons (Fsp3) is 0.667. The molecule has 1 N–H and O–H groups in total. The van der Waals surface area contributed by atoms with Crippen molar-refractivity contribution in [3.05, 3.63) is 0 Å². The molecule has 0 aromatic rings. The lowest BCUT2D eigenvalue weighted by molar-refractivity contribution is -0.122. The molecule has 0 atom stereocenters. The first kappa shape index (κ1) is 6.26. The summed E-state index contributed by atoms with van der Waals surface area (Å²) in [6, 6.07) is 0. The van der Waals surface area contributed by atoms with Gasteiger partial charge in [0, 0.05) is 11.8 Å². The highest BCUT2D eigenvalue weighted by Crippen LogP contribution is 2.18. The van der Waals surface area contributed by atoms with E-state index in [4.69, 9.17) is 0 Å². The van der Waals surface area contributed by atoms with Gasteiger partial charge in [-0.1, -0.05) is 13.8 Å². The van der Waals surface area contributed by atoms with Crippen molar-refractivity contribution >= 4 is 12.1 Å². The number of amides is 1. The van der Waals surface area contributed by atoms with Gasteiger partial charge in [0.05, 0.1) is 6.21 Å². The maximum atomic E-state index is 10.6. The zero-order valence-electron chi connectivity index (χ0n) is 5.56. The summed E-state index contributed by atoms with van der Waals surface area (Å²) >= 11 is 0. The summed E-state index contributed by atoms with van der Waals surface area (Å²) in [4.78, 5) is 10.6. The predicted molar refractivity (Wildman–Crippen MR) is 34.0 cm³/mol. The van der Waals surface area contributed by atoms with Gasteiger partial charge < -0.3 is 0 Å². The number of carbonyl (C=O) groups excluding carboxylic acids is 1. The van der Waals surface area contributed by atoms with Gasteiger partial charge in [0.25, 0.3) is 0 Å². The average Bonchev–Trinajstić information content (AvgIpc) is 1.60. The van der Waals surface area contributed by atoms with Crippen molar-refractivity contribution in [3.8, 4) is 0 Å². The fourth-order valence-electron chi connectivity index (χ4n) is 0.722. The molecule has 3 nitrogen and oxygen atoms in total. The highest BCUT2D eigenvalue weighted by Gasteiger charge is 2.23. The van der Waals surface area contributed by atoms with Gasteiger partial charge in [-0.25, -0.2) is 5.43 Å². The lowest BCUT2D eigenvalue weighted by Gasteiger charge is -2.19. The van der Waals surface area contributed by atoms with Gasteiger partial charge in [0.15, 0.2) is 0 Å². The second-order valence-electron chi connectivity index (χ2n) is 2.82. The minimum atomic E-state index is -0.178. The summed E-state index contributed by atoms with van der Waals surface area (Å²) in [6.45, 7) is 3.85. The van der Waals surface area contributed by atoms with Crippen LogP contribution in [0.5, 0.6) is 0 Å². The molecule has 9 heavy (non-hydrogen) atoms. The van der Waals surface area contributed by atoms with Crippen LogP contribution in [0.15, 0.2) is 5.10 Å². The lowest BCUT2D eigenvalue weighted by Crippen LogP contribution is -2.32. The van der Waals surface area contributed by atoms with E-state index in [1.807, 2.05) is 13.8 Å². The van der Waals surface area contributed by atoms with Gasteiger partial charge in [-0.05, 0) is 0 Å². The first-order valence-corrected chi connectivity index (χ1v) is 2.86. The zero-order valence-corrected chi connectivity index (χ0v) is 5.56. The molecule has 1 rings (SSSR count). The minimum Gasteiger partial charge on any atom is -0.273 e. The monoisotopic (exact) mass is 125 g/mol. The van der Waals surface area contributed by atoms with Gasteiger partial charge in [-0.15, -0.1) is 0 Å². The molecule has 1 amide bonds. The number of hydrogen-bond donors (Lipinski definition) is 1. The topological polar surface area (TPSA) is 41.5 Å². The molecule has 49 valence electrons. The van der Waals surface area contributed by atoms with E-state index in [-0.39, 0.29) is 11.3 Å². The molecule has 0 fully saturated rings. The fourth-order valence-corrected chi connectivity index (χ4v) is 0.722. The van der Waals surface area contributed by atoms with Crippen molar-refractivity contribution in [3.63, 3.8) is 0 Å². The van der Waals surface area contributed by atoms with E-state index in [0.29, 0.717) is 6.42 Å². The maximum Gasteiger partial charge on any atom is 0.241 e. The molecule has 1 radical (unpaired) electrons. The lowest BCUT2D eigenvalue weighted by atomic mass is 9.90. The predicted octanol–water partition coefficient (Wildman–Crippen LogP) is 0.395. The van der Waals surface area contributed by atoms with Crippen molar-refractivity contribution in [1.82, 2.24) is 5.43 Å². The standard InChI is InChI=1S/C6H9N2O/c1-6(2)3-5(9)8-7-4-6/h3H2,1-2H3,(H,8,9). The summed E-state index contributed by atoms with van der Waals surface area (Å²) in [6.07, 6.45) is 3.26. The van der Waals surface area contributed by atoms with Crippen LogP contribution in [0.3, 0.4) is 0 Å². The number of nitrogens with zero attached hydrogens (tertiary/aromatic N) is 1. The molecule has 0 aromatic heterocycles. The highest BCUT2D eigenvalue weighted by atomic mass is 16.2. The van der Waals surface area contributed by atoms with Crippen LogP contribution >= 0.6 is 0 Å². The average molecular weight is 125 g/mol. The molecule has 3 heteroatoms. The van der Waals surface area contributed by atoms with Crippen LogP contribution in [0.2, 0.25) is 0 Å². The zero-order chi connectivity index (χ0) is 6.91. The number of hydrogen-bond acceptors (Lipinski definition) is 2. The van der Waals surface area contributed by atoms with E-state index >= 15 is 0 Å². The Labute approximate surface area is 54.1 Å². The summed E-state index contributed by atoms with van der Waals surface area (Å²) in [5, 5.41) is 3.56. The molecule has 0 unspecified atom stereocenters. The van der Waals surface area contributed by atoms with Crippen LogP contribution in [0.1, 0.15) is 20.3 Å². The van der Waals surface area contributed by atoms with Crippen LogP contribution in [0.25, 0.3) is 0 Å². The molecule has 0 aromatic carbocycles. The second kappa shape index (κ2) is 1.83. The largest absolute Gasteiger partial charge is 0.273 e. The Morgan fingerprint density at radius 1 is 1.78 bits per heavy atom. The molecule has 0 spiro atoms. The number of carbonyl (C=O) groups is 1. The van der Waals surface area contributed by atoms with Gasteiger partial charge in [0.1, 0.15) is 0 Å². The highest BCUT2D eigenvalue weighted by molar-refractivity contribution is 5.84. The molecular formula is C6H9N2O. The summed E-state index contributed by atoms with van der Waals surface area (Å²) < 4.78 is 0. The maximum absolute atomic E-state index is 10.6. The van der Waals surface area contributed by atoms with E-state index in [9.17, 15) is 4.79 Å². The molecule has 0 saturated heterocycles. The van der Waals surface area contributed by atoms with Crippen LogP contribution < -0.4 is 5.43 Å². The van der Waals surface area contributed by atoms with E-state index in [0.717, 1.165) is 0 Å². The Hall–Kier alpha value is -0.860. The molecule has 1 aliphatic heterocycles. The second-order valence-corrected chi connectivity index (χ2v) is 2.82. The van der Waals surface area contributed by atoms with Crippen molar-refractivity contribution in [1.29, 1.82) is 0 Å². The Bertz CT molecular complexity index is 160. The van der Waals surface area contributed by atoms with Crippen LogP contribution in [0, 0.1) is 5.41 Å². The van der Waals surface area contributed by atoms with Gasteiger partial charge in [-0.3, -0.25) is 4.79 Å². The normalized spacial score (nSPS) is 23.6. The molecular weight excluding hydrogens is 116 g/mol. The summed E-state index contributed by atoms with van der Waals surface area (Å²) in [7, 11) is 0. The van der Waals surface area contributed by atoms with Gasteiger partial charge in [-0.2, -0.15) is 5.10 Å². The van der Waals surface area contributed by atoms with Crippen LogP contribution in [-0.2, 0) is 4.79 Å². The number of nitrogens with one attached hydrogen (secondary N) is 1. The van der Waals surface area contributed by atoms with Crippen molar-refractivity contribution in [2.75, 3.05) is 0 Å². The van der Waals surface area contributed by atoms with Crippen LogP contribution in [0.4, 0.5) is 0 Å². The minimum absolute atomic E-state index is 0.0289. The SMILES string of the molecule is CC1(C)[C]=NNC(=O)C1. The third kappa shape index (κ3) is 1.52. The molecule has 1 heterocycles. The van der Waals surface area contributed by atoms with E-state index in [2.05, 4.69) is 16.7 Å². The number of rotatable bonds is 0. The van der Waals surface area contributed by atoms with E-state index in [1.54, 1.807) is 0 Å². The van der Waals surface area contributed by atoms with E-state index < -0.39 is 0 Å². The van der Waals surface area contributed by atoms with Gasteiger partial charge in [0.2, 0.25) is 5.91 Å². The molecule has 0 bridgehead atoms. The van der Waals surface area contributed by atoms with Crippen molar-refractivity contribution < 1.29 is 4.79 Å². The third-order valence-corrected chi connectivity index (χ3v) is 1.14. The third-order valence-electron chi connectivity index (χ3n) is 1.14. The molecule has 0 saturated carbocycles. The molecule has 0 aliphatic carbocycles. The smallest absolute Gasteiger partial charge is 0.241 e.